The van der Waals surface area contributed by atoms with Gasteiger partial charge in [-0.25, -0.2) is 0 Å². The van der Waals surface area contributed by atoms with Gasteiger partial charge in [0.15, 0.2) is 0 Å². The quantitative estimate of drug-likeness (QED) is 0.790. The second-order valence-corrected chi connectivity index (χ2v) is 8.32. The van der Waals surface area contributed by atoms with Crippen LogP contribution in [-0.2, 0) is 5.41 Å². The Morgan fingerprint density at radius 3 is 2.14 bits per heavy atom. The molecule has 2 rings (SSSR count). The first-order chi connectivity index (χ1) is 9.74. The van der Waals surface area contributed by atoms with Crippen LogP contribution in [0.2, 0.25) is 0 Å². The smallest absolute Gasteiger partial charge is 0.00968 e. The normalized spacial score (nSPS) is 25.7. The van der Waals surface area contributed by atoms with E-state index in [4.69, 9.17) is 0 Å². The summed E-state index contributed by atoms with van der Waals surface area (Å²) in [4.78, 5) is 0. The van der Waals surface area contributed by atoms with Crippen LogP contribution in [0.3, 0.4) is 0 Å². The lowest BCUT2D eigenvalue weighted by molar-refractivity contribution is 0.120. The third-order valence-electron chi connectivity index (χ3n) is 4.85. The Hall–Kier alpha value is -0.820. The molecule has 1 nitrogen and oxygen atoms in total. The molecule has 0 amide bonds. The summed E-state index contributed by atoms with van der Waals surface area (Å²) in [5.41, 5.74) is 4.92. The third kappa shape index (κ3) is 4.10. The Bertz CT molecular complexity index is 455. The monoisotopic (exact) mass is 287 g/mol. The summed E-state index contributed by atoms with van der Waals surface area (Å²) in [6.07, 6.45) is 5.42. The average molecular weight is 287 g/mol. The Balaban J connectivity index is 2.20. The minimum Gasteiger partial charge on any atom is -0.311 e. The van der Waals surface area contributed by atoms with E-state index in [9.17, 15) is 0 Å². The number of hydrogen-bond acceptors (Lipinski definition) is 1. The van der Waals surface area contributed by atoms with Gasteiger partial charge >= 0.3 is 0 Å². The van der Waals surface area contributed by atoms with E-state index in [1.165, 1.54) is 36.8 Å². The maximum atomic E-state index is 3.76. The van der Waals surface area contributed by atoms with Crippen LogP contribution in [0.1, 0.15) is 70.1 Å². The first-order valence-electron chi connectivity index (χ1n) is 8.58. The molecule has 1 aromatic rings. The summed E-state index contributed by atoms with van der Waals surface area (Å²) >= 11 is 0. The van der Waals surface area contributed by atoms with Crippen LogP contribution in [0.15, 0.2) is 18.2 Å². The average Bonchev–Trinajstić information content (AvgIpc) is 2.29. The predicted molar refractivity (Wildman–Crippen MR) is 93.0 cm³/mol. The molecule has 1 aromatic carbocycles. The van der Waals surface area contributed by atoms with Crippen LogP contribution < -0.4 is 5.32 Å². The molecule has 0 saturated heterocycles. The van der Waals surface area contributed by atoms with Gasteiger partial charge in [-0.15, -0.1) is 0 Å². The number of nitrogens with one attached hydrogen (secondary N) is 1. The van der Waals surface area contributed by atoms with Gasteiger partial charge in [0, 0.05) is 17.5 Å². The van der Waals surface area contributed by atoms with Crippen LogP contribution >= 0.6 is 0 Å². The van der Waals surface area contributed by atoms with E-state index in [1.807, 2.05) is 0 Å². The van der Waals surface area contributed by atoms with Crippen LogP contribution in [-0.4, -0.2) is 12.1 Å². The molecule has 1 aliphatic carbocycles. The molecular weight excluding hydrogens is 254 g/mol. The summed E-state index contributed by atoms with van der Waals surface area (Å²) in [6.45, 7) is 14.7. The van der Waals surface area contributed by atoms with Gasteiger partial charge < -0.3 is 5.32 Å². The standard InChI is InChI=1S/C20H33N/c1-7-8-17-12-20(13-17,14-21-19(4,5)6)18-10-15(2)9-16(3)11-18/h9-11,17,21H,7-8,12-14H2,1-6H3. The summed E-state index contributed by atoms with van der Waals surface area (Å²) in [5, 5.41) is 3.76. The highest BCUT2D eigenvalue weighted by Crippen LogP contribution is 2.49. The SMILES string of the molecule is CCCC1CC(CNC(C)(C)C)(c2cc(C)cc(C)c2)C1. The molecule has 0 radical (unpaired) electrons. The molecule has 0 atom stereocenters. The van der Waals surface area contributed by atoms with Crippen LogP contribution in [0.5, 0.6) is 0 Å². The first kappa shape index (κ1) is 16.5. The van der Waals surface area contributed by atoms with Gasteiger partial charge in [0.2, 0.25) is 0 Å². The molecular formula is C20H33N. The van der Waals surface area contributed by atoms with E-state index in [0.29, 0.717) is 5.41 Å². The van der Waals surface area contributed by atoms with Gasteiger partial charge in [0.1, 0.15) is 0 Å². The van der Waals surface area contributed by atoms with Gasteiger partial charge in [0.25, 0.3) is 0 Å². The molecule has 0 unspecified atom stereocenters. The highest BCUT2D eigenvalue weighted by molar-refractivity contribution is 5.36. The zero-order valence-electron chi connectivity index (χ0n) is 14.8. The lowest BCUT2D eigenvalue weighted by Gasteiger charge is -2.50. The zero-order valence-corrected chi connectivity index (χ0v) is 14.8. The molecule has 0 aromatic heterocycles. The zero-order chi connectivity index (χ0) is 15.7. The van der Waals surface area contributed by atoms with Gasteiger partial charge in [-0.2, -0.15) is 0 Å². The molecule has 21 heavy (non-hydrogen) atoms. The molecule has 1 N–H and O–H groups in total. The van der Waals surface area contributed by atoms with E-state index in [1.54, 1.807) is 5.56 Å². The van der Waals surface area contributed by atoms with E-state index in [-0.39, 0.29) is 5.54 Å². The summed E-state index contributed by atoms with van der Waals surface area (Å²) in [7, 11) is 0. The van der Waals surface area contributed by atoms with Crippen molar-refractivity contribution in [3.63, 3.8) is 0 Å². The maximum Gasteiger partial charge on any atom is 0.00968 e. The Labute approximate surface area is 131 Å². The van der Waals surface area contributed by atoms with Crippen molar-refractivity contribution in [3.8, 4) is 0 Å². The highest BCUT2D eigenvalue weighted by atomic mass is 15.0. The summed E-state index contributed by atoms with van der Waals surface area (Å²) in [5.74, 6) is 0.928. The van der Waals surface area contributed by atoms with Gasteiger partial charge in [-0.3, -0.25) is 0 Å². The summed E-state index contributed by atoms with van der Waals surface area (Å²) in [6, 6.07) is 7.12. The highest BCUT2D eigenvalue weighted by Gasteiger charge is 2.45. The van der Waals surface area contributed by atoms with Crippen molar-refractivity contribution in [2.45, 2.75) is 78.2 Å². The van der Waals surface area contributed by atoms with Crippen molar-refractivity contribution in [3.05, 3.63) is 34.9 Å². The number of benzene rings is 1. The van der Waals surface area contributed by atoms with Crippen molar-refractivity contribution in [2.75, 3.05) is 6.54 Å². The van der Waals surface area contributed by atoms with Crippen molar-refractivity contribution in [2.24, 2.45) is 5.92 Å². The minimum absolute atomic E-state index is 0.196. The fourth-order valence-electron chi connectivity index (χ4n) is 3.86. The minimum atomic E-state index is 0.196. The molecule has 1 aliphatic rings. The Morgan fingerprint density at radius 1 is 1.10 bits per heavy atom. The van der Waals surface area contributed by atoms with E-state index in [2.05, 4.69) is 65.1 Å². The van der Waals surface area contributed by atoms with Crippen LogP contribution in [0.4, 0.5) is 0 Å². The first-order valence-corrected chi connectivity index (χ1v) is 8.58. The van der Waals surface area contributed by atoms with Gasteiger partial charge in [-0.05, 0) is 58.9 Å². The van der Waals surface area contributed by atoms with E-state index < -0.39 is 0 Å². The lowest BCUT2D eigenvalue weighted by Crippen LogP contribution is -2.52. The summed E-state index contributed by atoms with van der Waals surface area (Å²) < 4.78 is 0. The number of aryl methyl sites for hydroxylation is 2. The fraction of sp³-hybridized carbons (Fsp3) is 0.700. The van der Waals surface area contributed by atoms with E-state index >= 15 is 0 Å². The molecule has 0 heterocycles. The molecule has 1 saturated carbocycles. The molecule has 118 valence electrons. The lowest BCUT2D eigenvalue weighted by atomic mass is 9.57. The van der Waals surface area contributed by atoms with Crippen molar-refractivity contribution in [1.82, 2.24) is 5.32 Å². The number of hydrogen-bond donors (Lipinski definition) is 1. The molecule has 0 bridgehead atoms. The van der Waals surface area contributed by atoms with Gasteiger partial charge in [0.05, 0.1) is 0 Å². The number of rotatable bonds is 5. The van der Waals surface area contributed by atoms with Crippen LogP contribution in [0, 0.1) is 19.8 Å². The predicted octanol–water partition coefficient (Wildman–Crippen LogP) is 5.14. The maximum absolute atomic E-state index is 3.76. The fourth-order valence-corrected chi connectivity index (χ4v) is 3.86. The molecule has 1 heteroatoms. The Morgan fingerprint density at radius 2 is 1.67 bits per heavy atom. The second kappa shape index (κ2) is 6.12. The molecule has 0 aliphatic heterocycles. The topological polar surface area (TPSA) is 12.0 Å². The largest absolute Gasteiger partial charge is 0.311 e. The van der Waals surface area contributed by atoms with Gasteiger partial charge in [-0.1, -0.05) is 49.1 Å². The molecule has 1 fully saturated rings. The Kier molecular flexibility index (Phi) is 4.82. The third-order valence-corrected chi connectivity index (χ3v) is 4.85. The van der Waals surface area contributed by atoms with Crippen molar-refractivity contribution >= 4 is 0 Å². The van der Waals surface area contributed by atoms with Crippen molar-refractivity contribution in [1.29, 1.82) is 0 Å². The molecule has 0 spiro atoms. The van der Waals surface area contributed by atoms with E-state index in [0.717, 1.165) is 12.5 Å². The second-order valence-electron chi connectivity index (χ2n) is 8.32. The van der Waals surface area contributed by atoms with Crippen molar-refractivity contribution < 1.29 is 0 Å². The van der Waals surface area contributed by atoms with Crippen LogP contribution in [0.25, 0.3) is 0 Å².